The molecule has 0 aliphatic heterocycles. The van der Waals surface area contributed by atoms with E-state index in [1.807, 2.05) is 45.2 Å². The van der Waals surface area contributed by atoms with Crippen molar-refractivity contribution in [1.29, 1.82) is 0 Å². The Morgan fingerprint density at radius 2 is 1.94 bits per heavy atom. The second-order valence-electron chi connectivity index (χ2n) is 4.11. The molecule has 1 rings (SSSR count). The summed E-state index contributed by atoms with van der Waals surface area (Å²) in [5.41, 5.74) is 0.804. The molecule has 1 aromatic carbocycles. The van der Waals surface area contributed by atoms with Gasteiger partial charge in [0.15, 0.2) is 0 Å². The van der Waals surface area contributed by atoms with Gasteiger partial charge < -0.3 is 15.4 Å². The van der Waals surface area contributed by atoms with Crippen molar-refractivity contribution in [3.05, 3.63) is 24.3 Å². The summed E-state index contributed by atoms with van der Waals surface area (Å²) >= 11 is 0. The Bertz CT molecular complexity index is 363. The SMILES string of the molecule is CCOc1ccc(NC(=O)C(CC)CNC)cc1. The third-order valence-corrected chi connectivity index (χ3v) is 2.75. The van der Waals surface area contributed by atoms with E-state index >= 15 is 0 Å². The first kappa shape index (κ1) is 14.5. The Hall–Kier alpha value is -1.55. The molecule has 18 heavy (non-hydrogen) atoms. The van der Waals surface area contributed by atoms with Crippen LogP contribution in [0.4, 0.5) is 5.69 Å². The number of benzene rings is 1. The first-order valence-corrected chi connectivity index (χ1v) is 6.39. The van der Waals surface area contributed by atoms with Crippen LogP contribution in [0.25, 0.3) is 0 Å². The van der Waals surface area contributed by atoms with Gasteiger partial charge >= 0.3 is 0 Å². The molecule has 2 N–H and O–H groups in total. The molecule has 0 bridgehead atoms. The maximum atomic E-state index is 12.0. The summed E-state index contributed by atoms with van der Waals surface area (Å²) in [5, 5.41) is 5.94. The summed E-state index contributed by atoms with van der Waals surface area (Å²) in [6.07, 6.45) is 0.823. The highest BCUT2D eigenvalue weighted by Gasteiger charge is 2.15. The molecular weight excluding hydrogens is 228 g/mol. The zero-order valence-corrected chi connectivity index (χ0v) is 11.3. The van der Waals surface area contributed by atoms with Crippen LogP contribution in [0.2, 0.25) is 0 Å². The molecule has 1 unspecified atom stereocenters. The van der Waals surface area contributed by atoms with E-state index in [0.29, 0.717) is 13.2 Å². The van der Waals surface area contributed by atoms with Crippen LogP contribution in [0.1, 0.15) is 20.3 Å². The lowest BCUT2D eigenvalue weighted by atomic mass is 10.1. The molecule has 1 aromatic rings. The van der Waals surface area contributed by atoms with Gasteiger partial charge in [-0.3, -0.25) is 4.79 Å². The molecule has 4 heteroatoms. The smallest absolute Gasteiger partial charge is 0.228 e. The molecule has 0 heterocycles. The van der Waals surface area contributed by atoms with Crippen molar-refractivity contribution in [2.24, 2.45) is 5.92 Å². The van der Waals surface area contributed by atoms with Crippen LogP contribution in [0.5, 0.6) is 5.75 Å². The van der Waals surface area contributed by atoms with Crippen molar-refractivity contribution >= 4 is 11.6 Å². The fraction of sp³-hybridized carbons (Fsp3) is 0.500. The maximum Gasteiger partial charge on any atom is 0.228 e. The monoisotopic (exact) mass is 250 g/mol. The summed E-state index contributed by atoms with van der Waals surface area (Å²) in [4.78, 5) is 12.0. The minimum Gasteiger partial charge on any atom is -0.494 e. The van der Waals surface area contributed by atoms with Crippen molar-refractivity contribution in [3.63, 3.8) is 0 Å². The number of hydrogen-bond acceptors (Lipinski definition) is 3. The molecule has 0 aromatic heterocycles. The van der Waals surface area contributed by atoms with Gasteiger partial charge in [0.2, 0.25) is 5.91 Å². The van der Waals surface area contributed by atoms with Gasteiger partial charge in [-0.2, -0.15) is 0 Å². The zero-order valence-electron chi connectivity index (χ0n) is 11.3. The van der Waals surface area contributed by atoms with Crippen LogP contribution >= 0.6 is 0 Å². The maximum absolute atomic E-state index is 12.0. The van der Waals surface area contributed by atoms with Crippen LogP contribution in [0, 0.1) is 5.92 Å². The Morgan fingerprint density at radius 1 is 1.28 bits per heavy atom. The van der Waals surface area contributed by atoms with E-state index in [-0.39, 0.29) is 11.8 Å². The highest BCUT2D eigenvalue weighted by atomic mass is 16.5. The van der Waals surface area contributed by atoms with E-state index < -0.39 is 0 Å². The number of amides is 1. The molecule has 1 atom stereocenters. The first-order valence-electron chi connectivity index (χ1n) is 6.39. The van der Waals surface area contributed by atoms with Gasteiger partial charge in [0, 0.05) is 12.2 Å². The molecule has 100 valence electrons. The van der Waals surface area contributed by atoms with Gasteiger partial charge in [0.1, 0.15) is 5.75 Å². The van der Waals surface area contributed by atoms with Crippen molar-refractivity contribution in [2.45, 2.75) is 20.3 Å². The van der Waals surface area contributed by atoms with Gasteiger partial charge in [0.25, 0.3) is 0 Å². The molecule has 0 radical (unpaired) electrons. The second-order valence-corrected chi connectivity index (χ2v) is 4.11. The lowest BCUT2D eigenvalue weighted by molar-refractivity contribution is -0.119. The van der Waals surface area contributed by atoms with Crippen LogP contribution in [-0.2, 0) is 4.79 Å². The molecule has 4 nitrogen and oxygen atoms in total. The predicted octanol–water partition coefficient (Wildman–Crippen LogP) is 2.27. The van der Waals surface area contributed by atoms with E-state index in [0.717, 1.165) is 17.9 Å². The number of nitrogens with one attached hydrogen (secondary N) is 2. The Kier molecular flexibility index (Phi) is 6.22. The van der Waals surface area contributed by atoms with Gasteiger partial charge in [-0.1, -0.05) is 6.92 Å². The summed E-state index contributed by atoms with van der Waals surface area (Å²) < 4.78 is 5.35. The van der Waals surface area contributed by atoms with Gasteiger partial charge in [-0.05, 0) is 44.7 Å². The average molecular weight is 250 g/mol. The lowest BCUT2D eigenvalue weighted by Crippen LogP contribution is -2.30. The average Bonchev–Trinajstić information content (AvgIpc) is 2.38. The predicted molar refractivity (Wildman–Crippen MR) is 73.9 cm³/mol. The summed E-state index contributed by atoms with van der Waals surface area (Å²) in [7, 11) is 1.85. The highest BCUT2D eigenvalue weighted by Crippen LogP contribution is 2.16. The van der Waals surface area contributed by atoms with Crippen LogP contribution in [0.3, 0.4) is 0 Å². The summed E-state index contributed by atoms with van der Waals surface area (Å²) in [6.45, 7) is 5.30. The summed E-state index contributed by atoms with van der Waals surface area (Å²) in [6, 6.07) is 7.43. The normalized spacial score (nSPS) is 11.9. The molecule has 1 amide bonds. The molecule has 0 fully saturated rings. The van der Waals surface area contributed by atoms with Crippen LogP contribution in [-0.4, -0.2) is 26.1 Å². The van der Waals surface area contributed by atoms with Crippen LogP contribution < -0.4 is 15.4 Å². The van der Waals surface area contributed by atoms with E-state index in [1.165, 1.54) is 0 Å². The Labute approximate surface area is 109 Å². The Morgan fingerprint density at radius 3 is 2.44 bits per heavy atom. The third kappa shape index (κ3) is 4.37. The van der Waals surface area contributed by atoms with E-state index in [4.69, 9.17) is 4.74 Å². The highest BCUT2D eigenvalue weighted by molar-refractivity contribution is 5.92. The van der Waals surface area contributed by atoms with E-state index in [9.17, 15) is 4.79 Å². The molecule has 0 aliphatic rings. The van der Waals surface area contributed by atoms with Gasteiger partial charge in [-0.15, -0.1) is 0 Å². The number of carbonyl (C=O) groups is 1. The van der Waals surface area contributed by atoms with E-state index in [2.05, 4.69) is 10.6 Å². The van der Waals surface area contributed by atoms with Crippen molar-refractivity contribution in [1.82, 2.24) is 5.32 Å². The fourth-order valence-electron chi connectivity index (χ4n) is 1.71. The summed E-state index contributed by atoms with van der Waals surface area (Å²) in [5.74, 6) is 0.871. The number of hydrogen-bond donors (Lipinski definition) is 2. The second kappa shape index (κ2) is 7.71. The molecule has 0 saturated carbocycles. The topological polar surface area (TPSA) is 50.4 Å². The van der Waals surface area contributed by atoms with E-state index in [1.54, 1.807) is 0 Å². The number of rotatable bonds is 7. The zero-order chi connectivity index (χ0) is 13.4. The van der Waals surface area contributed by atoms with Crippen molar-refractivity contribution in [3.8, 4) is 5.75 Å². The largest absolute Gasteiger partial charge is 0.494 e. The minimum atomic E-state index is 0.00145. The van der Waals surface area contributed by atoms with Gasteiger partial charge in [-0.25, -0.2) is 0 Å². The van der Waals surface area contributed by atoms with Crippen molar-refractivity contribution < 1.29 is 9.53 Å². The molecule has 0 aliphatic carbocycles. The number of anilines is 1. The van der Waals surface area contributed by atoms with Crippen molar-refractivity contribution in [2.75, 3.05) is 25.5 Å². The lowest BCUT2D eigenvalue weighted by Gasteiger charge is -2.14. The molecule has 0 spiro atoms. The standard InChI is InChI=1S/C14H22N2O2/c1-4-11(10-15-3)14(17)16-12-6-8-13(9-7-12)18-5-2/h6-9,11,15H,4-5,10H2,1-3H3,(H,16,17). The number of carbonyl (C=O) groups excluding carboxylic acids is 1. The molecular formula is C14H22N2O2. The number of ether oxygens (including phenoxy) is 1. The Balaban J connectivity index is 2.58. The fourth-order valence-corrected chi connectivity index (χ4v) is 1.71. The quantitative estimate of drug-likeness (QED) is 0.780. The van der Waals surface area contributed by atoms with Crippen LogP contribution in [0.15, 0.2) is 24.3 Å². The first-order chi connectivity index (χ1) is 8.71. The van der Waals surface area contributed by atoms with Gasteiger partial charge in [0.05, 0.1) is 12.5 Å². The minimum absolute atomic E-state index is 0.00145. The third-order valence-electron chi connectivity index (χ3n) is 2.75. The molecule has 0 saturated heterocycles.